The third-order valence-electron chi connectivity index (χ3n) is 2.90. The molecule has 0 aromatic carbocycles. The molecule has 6 nitrogen and oxygen atoms in total. The van der Waals surface area contributed by atoms with Gasteiger partial charge in [-0.1, -0.05) is 0 Å². The number of amides is 2. The van der Waals surface area contributed by atoms with Gasteiger partial charge < -0.3 is 4.74 Å². The molecular formula is C10H17N3O3. The normalized spacial score (nSPS) is 23.9. The molecule has 2 aliphatic rings. The second-order valence-corrected chi connectivity index (χ2v) is 4.00. The van der Waals surface area contributed by atoms with Crippen molar-refractivity contribution >= 4 is 11.8 Å². The van der Waals surface area contributed by atoms with Crippen LogP contribution in [0.15, 0.2) is 0 Å². The van der Waals surface area contributed by atoms with Crippen molar-refractivity contribution in [2.24, 2.45) is 0 Å². The molecule has 2 aliphatic heterocycles. The number of morpholine rings is 1. The number of carbonyl (C=O) groups excluding carboxylic acids is 2. The molecule has 0 saturated carbocycles. The highest BCUT2D eigenvalue weighted by Crippen LogP contribution is 2.00. The molecule has 1 N–H and O–H groups in total. The summed E-state index contributed by atoms with van der Waals surface area (Å²) < 4.78 is 5.23. The Labute approximate surface area is 94.5 Å². The van der Waals surface area contributed by atoms with Crippen molar-refractivity contribution in [2.75, 3.05) is 52.5 Å². The predicted molar refractivity (Wildman–Crippen MR) is 56.8 cm³/mol. The minimum atomic E-state index is -0.121. The summed E-state index contributed by atoms with van der Waals surface area (Å²) in [6.07, 6.45) is 0. The van der Waals surface area contributed by atoms with Gasteiger partial charge in [0.2, 0.25) is 11.8 Å². The van der Waals surface area contributed by atoms with Crippen molar-refractivity contribution in [3.05, 3.63) is 0 Å². The topological polar surface area (TPSA) is 61.9 Å². The lowest BCUT2D eigenvalue weighted by molar-refractivity contribution is -0.146. The zero-order valence-electron chi connectivity index (χ0n) is 9.28. The first kappa shape index (κ1) is 11.5. The third kappa shape index (κ3) is 2.78. The SMILES string of the molecule is O=C1CNCC(=O)N1CCN1CCOCC1. The molecule has 2 fully saturated rings. The van der Waals surface area contributed by atoms with E-state index in [1.165, 1.54) is 4.90 Å². The van der Waals surface area contributed by atoms with Gasteiger partial charge >= 0.3 is 0 Å². The van der Waals surface area contributed by atoms with E-state index in [1.54, 1.807) is 0 Å². The van der Waals surface area contributed by atoms with E-state index in [0.717, 1.165) is 32.8 Å². The van der Waals surface area contributed by atoms with Crippen LogP contribution in [0.5, 0.6) is 0 Å². The molecule has 0 aliphatic carbocycles. The van der Waals surface area contributed by atoms with Crippen molar-refractivity contribution in [2.45, 2.75) is 0 Å². The highest BCUT2D eigenvalue weighted by molar-refractivity contribution is 5.99. The number of piperazine rings is 1. The highest BCUT2D eigenvalue weighted by atomic mass is 16.5. The Morgan fingerprint density at radius 3 is 2.31 bits per heavy atom. The Morgan fingerprint density at radius 2 is 1.69 bits per heavy atom. The van der Waals surface area contributed by atoms with E-state index in [4.69, 9.17) is 4.74 Å². The van der Waals surface area contributed by atoms with Crippen LogP contribution in [-0.4, -0.2) is 74.1 Å². The van der Waals surface area contributed by atoms with E-state index < -0.39 is 0 Å². The van der Waals surface area contributed by atoms with Gasteiger partial charge in [0.1, 0.15) is 0 Å². The molecule has 16 heavy (non-hydrogen) atoms. The van der Waals surface area contributed by atoms with Crippen LogP contribution in [-0.2, 0) is 14.3 Å². The fourth-order valence-corrected chi connectivity index (χ4v) is 1.92. The van der Waals surface area contributed by atoms with Gasteiger partial charge in [-0.05, 0) is 0 Å². The van der Waals surface area contributed by atoms with Crippen molar-refractivity contribution in [3.8, 4) is 0 Å². The average molecular weight is 227 g/mol. The fourth-order valence-electron chi connectivity index (χ4n) is 1.92. The van der Waals surface area contributed by atoms with Crippen molar-refractivity contribution < 1.29 is 14.3 Å². The third-order valence-corrected chi connectivity index (χ3v) is 2.90. The lowest BCUT2D eigenvalue weighted by atomic mass is 10.3. The first-order chi connectivity index (χ1) is 7.77. The molecule has 2 amide bonds. The van der Waals surface area contributed by atoms with Crippen molar-refractivity contribution in [3.63, 3.8) is 0 Å². The van der Waals surface area contributed by atoms with Gasteiger partial charge in [0.25, 0.3) is 0 Å². The van der Waals surface area contributed by atoms with Gasteiger partial charge in [-0.15, -0.1) is 0 Å². The van der Waals surface area contributed by atoms with E-state index in [1.807, 2.05) is 0 Å². The Hall–Kier alpha value is -0.980. The van der Waals surface area contributed by atoms with Gasteiger partial charge in [0, 0.05) is 26.2 Å². The molecule has 0 aromatic heterocycles. The molecule has 2 saturated heterocycles. The maximum Gasteiger partial charge on any atom is 0.243 e. The first-order valence-electron chi connectivity index (χ1n) is 5.61. The summed E-state index contributed by atoms with van der Waals surface area (Å²) in [4.78, 5) is 26.5. The standard InChI is InChI=1S/C10H17N3O3/c14-9-7-11-8-10(15)13(9)2-1-12-3-5-16-6-4-12/h11H,1-8H2. The minimum absolute atomic E-state index is 0.121. The van der Waals surface area contributed by atoms with E-state index in [0.29, 0.717) is 6.54 Å². The largest absolute Gasteiger partial charge is 0.379 e. The molecule has 0 radical (unpaired) electrons. The Kier molecular flexibility index (Phi) is 3.87. The second-order valence-electron chi connectivity index (χ2n) is 4.00. The fraction of sp³-hybridized carbons (Fsp3) is 0.800. The molecule has 2 heterocycles. The quantitative estimate of drug-likeness (QED) is 0.581. The molecule has 2 rings (SSSR count). The van der Waals surface area contributed by atoms with Crippen LogP contribution in [0.3, 0.4) is 0 Å². The number of nitrogens with one attached hydrogen (secondary N) is 1. The molecule has 0 unspecified atom stereocenters. The maximum absolute atomic E-state index is 11.5. The Balaban J connectivity index is 1.78. The Bertz CT molecular complexity index is 260. The van der Waals surface area contributed by atoms with Crippen LogP contribution in [0.1, 0.15) is 0 Å². The van der Waals surface area contributed by atoms with Crippen LogP contribution in [0, 0.1) is 0 Å². The highest BCUT2D eigenvalue weighted by Gasteiger charge is 2.25. The van der Waals surface area contributed by atoms with Crippen LogP contribution in [0.2, 0.25) is 0 Å². The monoisotopic (exact) mass is 227 g/mol. The van der Waals surface area contributed by atoms with E-state index >= 15 is 0 Å². The van der Waals surface area contributed by atoms with Crippen molar-refractivity contribution in [1.29, 1.82) is 0 Å². The lowest BCUT2D eigenvalue weighted by Gasteiger charge is -2.30. The van der Waals surface area contributed by atoms with Gasteiger partial charge in [-0.3, -0.25) is 24.7 Å². The number of hydrogen-bond donors (Lipinski definition) is 1. The number of ether oxygens (including phenoxy) is 1. The van der Waals surface area contributed by atoms with Crippen LogP contribution >= 0.6 is 0 Å². The first-order valence-corrected chi connectivity index (χ1v) is 5.61. The zero-order chi connectivity index (χ0) is 11.4. The maximum atomic E-state index is 11.5. The Morgan fingerprint density at radius 1 is 1.06 bits per heavy atom. The number of hydrogen-bond acceptors (Lipinski definition) is 5. The number of nitrogens with zero attached hydrogens (tertiary/aromatic N) is 2. The van der Waals surface area contributed by atoms with E-state index in [9.17, 15) is 9.59 Å². The van der Waals surface area contributed by atoms with Crippen LogP contribution in [0.25, 0.3) is 0 Å². The number of carbonyl (C=O) groups is 2. The molecule has 0 bridgehead atoms. The van der Waals surface area contributed by atoms with Gasteiger partial charge in [0.05, 0.1) is 26.3 Å². The number of imide groups is 1. The molecule has 6 heteroatoms. The summed E-state index contributed by atoms with van der Waals surface area (Å²) in [5.74, 6) is -0.242. The van der Waals surface area contributed by atoms with E-state index in [-0.39, 0.29) is 24.9 Å². The van der Waals surface area contributed by atoms with Crippen molar-refractivity contribution in [1.82, 2.24) is 15.1 Å². The predicted octanol–water partition coefficient (Wildman–Crippen LogP) is -1.72. The average Bonchev–Trinajstić information content (AvgIpc) is 2.30. The molecule has 0 spiro atoms. The summed E-state index contributed by atoms with van der Waals surface area (Å²) in [6.45, 7) is 5.04. The summed E-state index contributed by atoms with van der Waals surface area (Å²) in [7, 11) is 0. The summed E-state index contributed by atoms with van der Waals surface area (Å²) >= 11 is 0. The number of rotatable bonds is 3. The van der Waals surface area contributed by atoms with Crippen LogP contribution in [0.4, 0.5) is 0 Å². The zero-order valence-corrected chi connectivity index (χ0v) is 9.28. The molecule has 90 valence electrons. The minimum Gasteiger partial charge on any atom is -0.379 e. The smallest absolute Gasteiger partial charge is 0.243 e. The summed E-state index contributed by atoms with van der Waals surface area (Å²) in [6, 6.07) is 0. The van der Waals surface area contributed by atoms with Crippen LogP contribution < -0.4 is 5.32 Å². The lowest BCUT2D eigenvalue weighted by Crippen LogP contribution is -2.54. The van der Waals surface area contributed by atoms with Gasteiger partial charge in [-0.2, -0.15) is 0 Å². The van der Waals surface area contributed by atoms with E-state index in [2.05, 4.69) is 10.2 Å². The molecular weight excluding hydrogens is 210 g/mol. The molecule has 0 atom stereocenters. The summed E-state index contributed by atoms with van der Waals surface area (Å²) in [5, 5.41) is 2.78. The second kappa shape index (κ2) is 5.38. The molecule has 0 aromatic rings. The summed E-state index contributed by atoms with van der Waals surface area (Å²) in [5.41, 5.74) is 0. The van der Waals surface area contributed by atoms with Gasteiger partial charge in [0.15, 0.2) is 0 Å². The van der Waals surface area contributed by atoms with Gasteiger partial charge in [-0.25, -0.2) is 0 Å².